The highest BCUT2D eigenvalue weighted by Crippen LogP contribution is 2.49. The average Bonchev–Trinajstić information content (AvgIpc) is 2.88. The Morgan fingerprint density at radius 3 is 2.50 bits per heavy atom. The van der Waals surface area contributed by atoms with Gasteiger partial charge in [-0.3, -0.25) is 14.9 Å². The molecule has 1 atom stereocenters. The first-order valence-corrected chi connectivity index (χ1v) is 8.50. The molecule has 2 aromatic rings. The van der Waals surface area contributed by atoms with Crippen molar-refractivity contribution in [1.82, 2.24) is 0 Å². The lowest BCUT2D eigenvalue weighted by Crippen LogP contribution is -2.05. The molecule has 0 aromatic heterocycles. The van der Waals surface area contributed by atoms with Crippen molar-refractivity contribution in [2.75, 3.05) is 0 Å². The van der Waals surface area contributed by atoms with Gasteiger partial charge in [-0.1, -0.05) is 6.07 Å². The number of nitro benzene ring substituents is 1. The van der Waals surface area contributed by atoms with Crippen LogP contribution >= 0.6 is 23.5 Å². The fourth-order valence-electron chi connectivity index (χ4n) is 2.23. The number of benzene rings is 2. The van der Waals surface area contributed by atoms with Crippen molar-refractivity contribution >= 4 is 35.0 Å². The molecule has 6 heteroatoms. The third-order valence-electron chi connectivity index (χ3n) is 3.37. The van der Waals surface area contributed by atoms with Crippen LogP contribution in [-0.2, 0) is 0 Å². The molecule has 0 spiro atoms. The standard InChI is InChI=1S/C16H13NO3S2/c1-10-2-7-14-15(8-10)22-16(21-14)9-13(18)11-3-5-12(6-4-11)17(19)20/h2-8,16H,9H2,1H3/t16-/m0/s1. The predicted octanol–water partition coefficient (Wildman–Crippen LogP) is 4.70. The second-order valence-electron chi connectivity index (χ2n) is 5.05. The van der Waals surface area contributed by atoms with Crippen LogP contribution in [0.1, 0.15) is 22.3 Å². The fraction of sp³-hybridized carbons (Fsp3) is 0.188. The Morgan fingerprint density at radius 1 is 1.14 bits per heavy atom. The van der Waals surface area contributed by atoms with Crippen LogP contribution in [-0.4, -0.2) is 15.3 Å². The number of Topliss-reactive ketones (excluding diaryl/α,β-unsaturated/α-hetero) is 1. The van der Waals surface area contributed by atoms with Crippen LogP contribution in [0.4, 0.5) is 5.69 Å². The molecule has 1 heterocycles. The Hall–Kier alpha value is -1.79. The summed E-state index contributed by atoms with van der Waals surface area (Å²) in [5.41, 5.74) is 1.75. The number of nitrogens with zero attached hydrogens (tertiary/aromatic N) is 1. The van der Waals surface area contributed by atoms with Gasteiger partial charge in [-0.15, -0.1) is 23.5 Å². The van der Waals surface area contributed by atoms with Crippen molar-refractivity contribution in [2.45, 2.75) is 27.7 Å². The lowest BCUT2D eigenvalue weighted by Gasteiger charge is -2.06. The minimum atomic E-state index is -0.462. The largest absolute Gasteiger partial charge is 0.294 e. The molecular weight excluding hydrogens is 318 g/mol. The van der Waals surface area contributed by atoms with Gasteiger partial charge < -0.3 is 0 Å². The summed E-state index contributed by atoms with van der Waals surface area (Å²) < 4.78 is 0.166. The van der Waals surface area contributed by atoms with Gasteiger partial charge in [0.15, 0.2) is 5.78 Å². The molecule has 3 rings (SSSR count). The van der Waals surface area contributed by atoms with E-state index < -0.39 is 4.92 Å². The number of ketones is 1. The van der Waals surface area contributed by atoms with E-state index in [4.69, 9.17) is 0 Å². The van der Waals surface area contributed by atoms with Crippen LogP contribution in [0, 0.1) is 17.0 Å². The minimum Gasteiger partial charge on any atom is -0.294 e. The van der Waals surface area contributed by atoms with E-state index in [0.29, 0.717) is 12.0 Å². The minimum absolute atomic E-state index is 0.00375. The van der Waals surface area contributed by atoms with E-state index in [2.05, 4.69) is 25.1 Å². The van der Waals surface area contributed by atoms with Gasteiger partial charge >= 0.3 is 0 Å². The van der Waals surface area contributed by atoms with Gasteiger partial charge in [0.2, 0.25) is 0 Å². The molecule has 0 saturated heterocycles. The summed E-state index contributed by atoms with van der Waals surface area (Å²) in [7, 11) is 0. The zero-order valence-corrected chi connectivity index (χ0v) is 13.4. The smallest absolute Gasteiger partial charge is 0.269 e. The van der Waals surface area contributed by atoms with Gasteiger partial charge in [0.25, 0.3) is 5.69 Å². The van der Waals surface area contributed by atoms with E-state index in [1.54, 1.807) is 23.5 Å². The van der Waals surface area contributed by atoms with Gasteiger partial charge in [-0.2, -0.15) is 0 Å². The molecule has 0 radical (unpaired) electrons. The summed E-state index contributed by atoms with van der Waals surface area (Å²) in [6, 6.07) is 12.1. The third-order valence-corrected chi connectivity index (χ3v) is 6.14. The van der Waals surface area contributed by atoms with Gasteiger partial charge in [-0.25, -0.2) is 0 Å². The first-order valence-electron chi connectivity index (χ1n) is 6.74. The van der Waals surface area contributed by atoms with Crippen LogP contribution in [0.2, 0.25) is 0 Å². The third kappa shape index (κ3) is 3.18. The molecule has 4 nitrogen and oxygen atoms in total. The van der Waals surface area contributed by atoms with Crippen LogP contribution in [0.3, 0.4) is 0 Å². The Morgan fingerprint density at radius 2 is 1.82 bits per heavy atom. The van der Waals surface area contributed by atoms with E-state index >= 15 is 0 Å². The van der Waals surface area contributed by atoms with Crippen molar-refractivity contribution in [3.63, 3.8) is 0 Å². The maximum atomic E-state index is 12.3. The zero-order valence-electron chi connectivity index (χ0n) is 11.8. The monoisotopic (exact) mass is 331 g/mol. The SMILES string of the molecule is Cc1ccc2c(c1)S[C@@H](CC(=O)c1ccc([N+](=O)[O-])cc1)S2. The fourth-order valence-corrected chi connectivity index (χ4v) is 5.13. The number of fused-ring (bicyclic) bond motifs is 1. The van der Waals surface area contributed by atoms with Crippen LogP contribution < -0.4 is 0 Å². The number of aryl methyl sites for hydroxylation is 1. The van der Waals surface area contributed by atoms with E-state index in [9.17, 15) is 14.9 Å². The highest BCUT2D eigenvalue weighted by atomic mass is 32.2. The summed E-state index contributed by atoms with van der Waals surface area (Å²) >= 11 is 3.43. The quantitative estimate of drug-likeness (QED) is 0.462. The van der Waals surface area contributed by atoms with Crippen LogP contribution in [0.15, 0.2) is 52.3 Å². The van der Waals surface area contributed by atoms with Crippen molar-refractivity contribution in [2.24, 2.45) is 0 Å². The van der Waals surface area contributed by atoms with Crippen molar-refractivity contribution < 1.29 is 9.72 Å². The Labute approximate surface area is 136 Å². The molecule has 0 aliphatic carbocycles. The van der Waals surface area contributed by atoms with Gasteiger partial charge in [0, 0.05) is 33.9 Å². The van der Waals surface area contributed by atoms with Crippen molar-refractivity contribution in [1.29, 1.82) is 0 Å². The average molecular weight is 331 g/mol. The number of rotatable bonds is 4. The van der Waals surface area contributed by atoms with E-state index in [1.165, 1.54) is 39.6 Å². The molecule has 2 aromatic carbocycles. The predicted molar refractivity (Wildman–Crippen MR) is 88.7 cm³/mol. The summed E-state index contributed by atoms with van der Waals surface area (Å²) in [6.07, 6.45) is 0.418. The van der Waals surface area contributed by atoms with Crippen LogP contribution in [0.5, 0.6) is 0 Å². The molecule has 1 aliphatic heterocycles. The molecule has 0 bridgehead atoms. The summed E-state index contributed by atoms with van der Waals surface area (Å²) in [4.78, 5) is 24.9. The number of hydrogen-bond donors (Lipinski definition) is 0. The number of hydrogen-bond acceptors (Lipinski definition) is 5. The van der Waals surface area contributed by atoms with Gasteiger partial charge in [0.1, 0.15) is 0 Å². The van der Waals surface area contributed by atoms with E-state index in [0.717, 1.165) is 0 Å². The lowest BCUT2D eigenvalue weighted by molar-refractivity contribution is -0.384. The zero-order chi connectivity index (χ0) is 15.7. The molecule has 0 amide bonds. The number of nitro groups is 1. The van der Waals surface area contributed by atoms with Crippen molar-refractivity contribution in [3.05, 3.63) is 63.7 Å². The van der Waals surface area contributed by atoms with Crippen LogP contribution in [0.25, 0.3) is 0 Å². The van der Waals surface area contributed by atoms with E-state index in [-0.39, 0.29) is 16.1 Å². The van der Waals surface area contributed by atoms with E-state index in [1.807, 2.05) is 0 Å². The number of carbonyl (C=O) groups is 1. The summed E-state index contributed by atoms with van der Waals surface area (Å²) in [5, 5.41) is 10.6. The number of carbonyl (C=O) groups excluding carboxylic acids is 1. The Balaban J connectivity index is 1.67. The molecule has 22 heavy (non-hydrogen) atoms. The molecule has 0 N–H and O–H groups in total. The first kappa shape index (κ1) is 15.1. The van der Waals surface area contributed by atoms with Gasteiger partial charge in [-0.05, 0) is 36.8 Å². The Bertz CT molecular complexity index is 744. The second kappa shape index (κ2) is 6.14. The molecule has 1 aliphatic rings. The molecular formula is C16H13NO3S2. The molecule has 112 valence electrons. The first-order chi connectivity index (χ1) is 10.5. The highest BCUT2D eigenvalue weighted by molar-refractivity contribution is 8.19. The number of non-ortho nitro benzene ring substituents is 1. The molecule has 0 saturated carbocycles. The molecule has 0 unspecified atom stereocenters. The maximum Gasteiger partial charge on any atom is 0.269 e. The highest BCUT2D eigenvalue weighted by Gasteiger charge is 2.25. The second-order valence-corrected chi connectivity index (χ2v) is 7.83. The normalized spacial score (nSPS) is 16.3. The maximum absolute atomic E-state index is 12.3. The Kier molecular flexibility index (Phi) is 4.22. The number of thioether (sulfide) groups is 2. The van der Waals surface area contributed by atoms with Gasteiger partial charge in [0.05, 0.1) is 9.51 Å². The topological polar surface area (TPSA) is 60.2 Å². The lowest BCUT2D eigenvalue weighted by atomic mass is 10.1. The summed E-state index contributed by atoms with van der Waals surface area (Å²) in [5.74, 6) is 0.0180. The van der Waals surface area contributed by atoms with Crippen molar-refractivity contribution in [3.8, 4) is 0 Å². The molecule has 0 fully saturated rings. The summed E-state index contributed by atoms with van der Waals surface area (Å²) in [6.45, 7) is 2.06.